The van der Waals surface area contributed by atoms with Gasteiger partial charge in [0.2, 0.25) is 11.8 Å². The molecule has 0 spiro atoms. The Hall–Kier alpha value is -1.81. The molecule has 0 aliphatic carbocycles. The first kappa shape index (κ1) is 13.6. The van der Waals surface area contributed by atoms with E-state index >= 15 is 0 Å². The van der Waals surface area contributed by atoms with Crippen LogP contribution in [0.2, 0.25) is 0 Å². The summed E-state index contributed by atoms with van der Waals surface area (Å²) in [5.74, 6) is -0.264. The van der Waals surface area contributed by atoms with Gasteiger partial charge in [-0.1, -0.05) is 41.9 Å². The standard InChI is InChI=1S/C14H15ClN2O2/c1-10(7-15)9-17-12(18)8-16-14(19)13(17)11-5-3-2-4-6-11/h2-7,13H,8-9H2,1H3,(H,16,19)/b10-7-. The minimum absolute atomic E-state index is 0.0394. The van der Waals surface area contributed by atoms with E-state index in [1.165, 1.54) is 5.54 Å². The Labute approximate surface area is 117 Å². The Bertz CT molecular complexity index is 513. The highest BCUT2D eigenvalue weighted by atomic mass is 35.5. The zero-order chi connectivity index (χ0) is 13.8. The number of halogens is 1. The number of rotatable bonds is 3. The van der Waals surface area contributed by atoms with E-state index in [0.29, 0.717) is 6.54 Å². The van der Waals surface area contributed by atoms with Crippen molar-refractivity contribution in [1.29, 1.82) is 0 Å². The zero-order valence-corrected chi connectivity index (χ0v) is 11.4. The molecule has 1 aromatic rings. The van der Waals surface area contributed by atoms with Crippen LogP contribution in [0.1, 0.15) is 18.5 Å². The largest absolute Gasteiger partial charge is 0.345 e. The zero-order valence-electron chi connectivity index (χ0n) is 10.6. The normalized spacial score (nSPS) is 20.4. The highest BCUT2D eigenvalue weighted by Gasteiger charge is 2.35. The first-order valence-corrected chi connectivity index (χ1v) is 6.45. The molecule has 1 N–H and O–H groups in total. The van der Waals surface area contributed by atoms with Gasteiger partial charge in [0.25, 0.3) is 0 Å². The summed E-state index contributed by atoms with van der Waals surface area (Å²) in [7, 11) is 0. The smallest absolute Gasteiger partial charge is 0.247 e. The maximum absolute atomic E-state index is 12.1. The molecule has 5 heteroatoms. The first-order valence-electron chi connectivity index (χ1n) is 6.01. The van der Waals surface area contributed by atoms with Gasteiger partial charge >= 0.3 is 0 Å². The average Bonchev–Trinajstić information content (AvgIpc) is 2.44. The van der Waals surface area contributed by atoms with E-state index in [1.807, 2.05) is 37.3 Å². The summed E-state index contributed by atoms with van der Waals surface area (Å²) in [5, 5.41) is 2.62. The Morgan fingerprint density at radius 3 is 2.74 bits per heavy atom. The third-order valence-corrected chi connectivity index (χ3v) is 3.39. The number of hydrogen-bond acceptors (Lipinski definition) is 2. The van der Waals surface area contributed by atoms with Crippen LogP contribution in [-0.4, -0.2) is 29.8 Å². The number of carbonyl (C=O) groups is 2. The van der Waals surface area contributed by atoms with Crippen molar-refractivity contribution in [2.75, 3.05) is 13.1 Å². The quantitative estimate of drug-likeness (QED) is 0.917. The predicted octanol–water partition coefficient (Wildman–Crippen LogP) is 1.83. The van der Waals surface area contributed by atoms with Gasteiger partial charge in [-0.15, -0.1) is 0 Å². The van der Waals surface area contributed by atoms with Crippen LogP contribution < -0.4 is 5.32 Å². The van der Waals surface area contributed by atoms with Gasteiger partial charge in [0.15, 0.2) is 0 Å². The third-order valence-electron chi connectivity index (χ3n) is 3.02. The molecule has 1 unspecified atom stereocenters. The van der Waals surface area contributed by atoms with Crippen LogP contribution in [-0.2, 0) is 9.59 Å². The summed E-state index contributed by atoms with van der Waals surface area (Å²) in [4.78, 5) is 25.6. The van der Waals surface area contributed by atoms with E-state index in [0.717, 1.165) is 11.1 Å². The lowest BCUT2D eigenvalue weighted by Gasteiger charge is -2.35. The fourth-order valence-corrected chi connectivity index (χ4v) is 2.16. The fraction of sp³-hybridized carbons (Fsp3) is 0.286. The van der Waals surface area contributed by atoms with Crippen molar-refractivity contribution < 1.29 is 9.59 Å². The van der Waals surface area contributed by atoms with Gasteiger partial charge < -0.3 is 10.2 Å². The van der Waals surface area contributed by atoms with Crippen molar-refractivity contribution in [3.8, 4) is 0 Å². The number of benzene rings is 1. The van der Waals surface area contributed by atoms with E-state index in [2.05, 4.69) is 5.32 Å². The molecule has 1 heterocycles. The van der Waals surface area contributed by atoms with E-state index in [4.69, 9.17) is 11.6 Å². The van der Waals surface area contributed by atoms with Crippen LogP contribution in [0, 0.1) is 0 Å². The molecular weight excluding hydrogens is 264 g/mol. The molecule has 1 atom stereocenters. The van der Waals surface area contributed by atoms with E-state index in [9.17, 15) is 9.59 Å². The molecular formula is C14H15ClN2O2. The van der Waals surface area contributed by atoms with Gasteiger partial charge in [0.05, 0.1) is 6.54 Å². The topological polar surface area (TPSA) is 49.4 Å². The minimum Gasteiger partial charge on any atom is -0.345 e. The monoisotopic (exact) mass is 278 g/mol. The molecule has 100 valence electrons. The maximum Gasteiger partial charge on any atom is 0.247 e. The summed E-state index contributed by atoms with van der Waals surface area (Å²) >= 11 is 5.65. The van der Waals surface area contributed by atoms with Crippen LogP contribution in [0.3, 0.4) is 0 Å². The van der Waals surface area contributed by atoms with Crippen LogP contribution >= 0.6 is 11.6 Å². The maximum atomic E-state index is 12.1. The lowest BCUT2D eigenvalue weighted by molar-refractivity contribution is -0.145. The second-order valence-corrected chi connectivity index (χ2v) is 4.73. The lowest BCUT2D eigenvalue weighted by Crippen LogP contribution is -2.53. The summed E-state index contributed by atoms with van der Waals surface area (Å²) in [6.45, 7) is 2.22. The van der Waals surface area contributed by atoms with Crippen molar-refractivity contribution >= 4 is 23.4 Å². The minimum atomic E-state index is -0.589. The fourth-order valence-electron chi connectivity index (χ4n) is 2.10. The number of carbonyl (C=O) groups excluding carboxylic acids is 2. The van der Waals surface area contributed by atoms with Crippen molar-refractivity contribution in [2.24, 2.45) is 0 Å². The van der Waals surface area contributed by atoms with Gasteiger partial charge in [-0.2, -0.15) is 0 Å². The molecule has 1 fully saturated rings. The highest BCUT2D eigenvalue weighted by Crippen LogP contribution is 2.24. The van der Waals surface area contributed by atoms with Crippen LogP contribution in [0.4, 0.5) is 0 Å². The van der Waals surface area contributed by atoms with Gasteiger partial charge in [-0.05, 0) is 18.1 Å². The summed E-state index contributed by atoms with van der Waals surface area (Å²) in [5.41, 5.74) is 3.07. The van der Waals surface area contributed by atoms with Gasteiger partial charge in [-0.3, -0.25) is 9.59 Å². The van der Waals surface area contributed by atoms with Crippen molar-refractivity contribution in [1.82, 2.24) is 10.2 Å². The van der Waals surface area contributed by atoms with Crippen molar-refractivity contribution in [3.05, 3.63) is 47.0 Å². The molecule has 1 aliphatic rings. The second kappa shape index (κ2) is 5.89. The highest BCUT2D eigenvalue weighted by molar-refractivity contribution is 6.25. The molecule has 0 radical (unpaired) electrons. The number of nitrogens with one attached hydrogen (secondary N) is 1. The average molecular weight is 279 g/mol. The van der Waals surface area contributed by atoms with E-state index in [-0.39, 0.29) is 18.4 Å². The molecule has 1 saturated heterocycles. The van der Waals surface area contributed by atoms with E-state index in [1.54, 1.807) is 4.90 Å². The van der Waals surface area contributed by atoms with Crippen LogP contribution in [0.25, 0.3) is 0 Å². The summed E-state index contributed by atoms with van der Waals surface area (Å²) in [6.07, 6.45) is 0. The van der Waals surface area contributed by atoms with Crippen LogP contribution in [0.5, 0.6) is 0 Å². The SMILES string of the molecule is C/C(=C/Cl)CN1C(=O)CNC(=O)C1c1ccccc1. The Balaban J connectivity index is 2.34. The molecule has 0 saturated carbocycles. The third kappa shape index (κ3) is 2.96. The summed E-state index contributed by atoms with van der Waals surface area (Å²) < 4.78 is 0. The van der Waals surface area contributed by atoms with Gasteiger partial charge in [-0.25, -0.2) is 0 Å². The van der Waals surface area contributed by atoms with E-state index < -0.39 is 6.04 Å². The second-order valence-electron chi connectivity index (χ2n) is 4.51. The van der Waals surface area contributed by atoms with Crippen LogP contribution in [0.15, 0.2) is 41.4 Å². The predicted molar refractivity (Wildman–Crippen MR) is 73.5 cm³/mol. The Morgan fingerprint density at radius 2 is 2.11 bits per heavy atom. The summed E-state index contributed by atoms with van der Waals surface area (Å²) in [6, 6.07) is 8.67. The molecule has 0 bridgehead atoms. The molecule has 19 heavy (non-hydrogen) atoms. The molecule has 4 nitrogen and oxygen atoms in total. The van der Waals surface area contributed by atoms with Gasteiger partial charge in [0, 0.05) is 12.1 Å². The van der Waals surface area contributed by atoms with Crippen molar-refractivity contribution in [2.45, 2.75) is 13.0 Å². The molecule has 1 aromatic carbocycles. The Morgan fingerprint density at radius 1 is 1.42 bits per heavy atom. The molecule has 2 rings (SSSR count). The lowest BCUT2D eigenvalue weighted by atomic mass is 10.0. The number of piperazine rings is 1. The number of hydrogen-bond donors (Lipinski definition) is 1. The number of nitrogens with zero attached hydrogens (tertiary/aromatic N) is 1. The van der Waals surface area contributed by atoms with Crippen molar-refractivity contribution in [3.63, 3.8) is 0 Å². The van der Waals surface area contributed by atoms with Gasteiger partial charge in [0.1, 0.15) is 6.04 Å². The number of amides is 2. The molecule has 2 amide bonds. The first-order chi connectivity index (χ1) is 9.13. The Kier molecular flexibility index (Phi) is 4.22. The molecule has 0 aromatic heterocycles. The molecule has 1 aliphatic heterocycles.